The molecule has 1 unspecified atom stereocenters. The molecule has 1 aliphatic carbocycles. The Hall–Kier alpha value is -1.30. The molecule has 2 rings (SSSR count). The molecule has 0 radical (unpaired) electrons. The van der Waals surface area contributed by atoms with Crippen molar-refractivity contribution < 1.29 is 14.7 Å². The van der Waals surface area contributed by atoms with E-state index in [1.54, 1.807) is 7.11 Å². The van der Waals surface area contributed by atoms with Crippen molar-refractivity contribution in [3.63, 3.8) is 0 Å². The minimum absolute atomic E-state index is 0.00856. The first-order valence-corrected chi connectivity index (χ1v) is 7.44. The maximum atomic E-state index is 12.9. The summed E-state index contributed by atoms with van der Waals surface area (Å²) >= 11 is 0. The van der Waals surface area contributed by atoms with Gasteiger partial charge in [-0.2, -0.15) is 0 Å². The first-order valence-electron chi connectivity index (χ1n) is 7.44. The highest BCUT2D eigenvalue weighted by atomic mass is 16.5. The average Bonchev–Trinajstić information content (AvgIpc) is 2.54. The van der Waals surface area contributed by atoms with Crippen molar-refractivity contribution in [2.24, 2.45) is 16.3 Å². The standard InChI is InChI=1S/C14H25N3O3/c1-20-11-6-5-9-17(10-11)13(18)14(12(15)16-19)7-3-2-4-8-14/h11,19H,2-10H2,1H3,(H2,15,16). The van der Waals surface area contributed by atoms with Gasteiger partial charge in [0.1, 0.15) is 5.41 Å². The second-order valence-electron chi connectivity index (χ2n) is 5.88. The van der Waals surface area contributed by atoms with Crippen molar-refractivity contribution in [2.45, 2.75) is 51.0 Å². The molecule has 0 aromatic rings. The van der Waals surface area contributed by atoms with E-state index in [4.69, 9.17) is 15.7 Å². The van der Waals surface area contributed by atoms with Gasteiger partial charge in [-0.1, -0.05) is 24.4 Å². The van der Waals surface area contributed by atoms with Gasteiger partial charge in [-0.15, -0.1) is 0 Å². The van der Waals surface area contributed by atoms with Crippen molar-refractivity contribution >= 4 is 11.7 Å². The molecule has 6 heteroatoms. The summed E-state index contributed by atoms with van der Waals surface area (Å²) < 4.78 is 5.37. The van der Waals surface area contributed by atoms with Gasteiger partial charge < -0.3 is 20.6 Å². The normalized spacial score (nSPS) is 27.4. The Balaban J connectivity index is 2.18. The third kappa shape index (κ3) is 2.75. The highest BCUT2D eigenvalue weighted by molar-refractivity contribution is 6.06. The number of hydrogen-bond donors (Lipinski definition) is 2. The van der Waals surface area contributed by atoms with E-state index in [1.165, 1.54) is 0 Å². The molecule has 0 aromatic carbocycles. The Bertz CT molecular complexity index is 378. The van der Waals surface area contributed by atoms with Crippen molar-refractivity contribution in [1.29, 1.82) is 0 Å². The molecule has 114 valence electrons. The number of carbonyl (C=O) groups is 1. The topological polar surface area (TPSA) is 88.2 Å². The number of nitrogens with zero attached hydrogens (tertiary/aromatic N) is 2. The van der Waals surface area contributed by atoms with Crippen LogP contribution in [0.3, 0.4) is 0 Å². The number of hydrogen-bond acceptors (Lipinski definition) is 4. The Kier molecular flexibility index (Phi) is 4.86. The third-order valence-electron chi connectivity index (χ3n) is 4.71. The van der Waals surface area contributed by atoms with Gasteiger partial charge in [0.05, 0.1) is 6.10 Å². The van der Waals surface area contributed by atoms with Gasteiger partial charge in [-0.3, -0.25) is 4.79 Å². The van der Waals surface area contributed by atoms with Crippen LogP contribution in [0.5, 0.6) is 0 Å². The van der Waals surface area contributed by atoms with Crippen LogP contribution < -0.4 is 5.73 Å². The maximum Gasteiger partial charge on any atom is 0.236 e. The maximum absolute atomic E-state index is 12.9. The van der Waals surface area contributed by atoms with Crippen molar-refractivity contribution in [3.8, 4) is 0 Å². The summed E-state index contributed by atoms with van der Waals surface area (Å²) in [4.78, 5) is 14.8. The smallest absolute Gasteiger partial charge is 0.236 e. The summed E-state index contributed by atoms with van der Waals surface area (Å²) in [5.74, 6) is 0.0796. The van der Waals surface area contributed by atoms with Crippen molar-refractivity contribution in [2.75, 3.05) is 20.2 Å². The number of carbonyl (C=O) groups excluding carboxylic acids is 1. The Morgan fingerprint density at radius 1 is 1.35 bits per heavy atom. The SMILES string of the molecule is COC1CCCN(C(=O)C2(C(N)=NO)CCCCC2)C1. The lowest BCUT2D eigenvalue weighted by atomic mass is 9.71. The lowest BCUT2D eigenvalue weighted by molar-refractivity contribution is -0.143. The Morgan fingerprint density at radius 2 is 2.05 bits per heavy atom. The van der Waals surface area contributed by atoms with Crippen LogP contribution in [-0.2, 0) is 9.53 Å². The second-order valence-corrected chi connectivity index (χ2v) is 5.88. The fraction of sp³-hybridized carbons (Fsp3) is 0.857. The fourth-order valence-electron chi connectivity index (χ4n) is 3.45. The molecule has 20 heavy (non-hydrogen) atoms. The van der Waals surface area contributed by atoms with E-state index in [9.17, 15) is 4.79 Å². The number of rotatable bonds is 3. The first kappa shape index (κ1) is 15.1. The highest BCUT2D eigenvalue weighted by Gasteiger charge is 2.46. The molecular weight excluding hydrogens is 258 g/mol. The minimum atomic E-state index is -0.803. The molecule has 3 N–H and O–H groups in total. The number of piperidine rings is 1. The summed E-state index contributed by atoms with van der Waals surface area (Å²) in [6.45, 7) is 1.34. The molecule has 1 aliphatic heterocycles. The lowest BCUT2D eigenvalue weighted by Crippen LogP contribution is -2.55. The van der Waals surface area contributed by atoms with E-state index in [1.807, 2.05) is 4.90 Å². The predicted molar refractivity (Wildman–Crippen MR) is 75.5 cm³/mol. The largest absolute Gasteiger partial charge is 0.409 e. The number of amides is 1. The molecule has 1 saturated heterocycles. The van der Waals surface area contributed by atoms with Crippen LogP contribution >= 0.6 is 0 Å². The zero-order valence-corrected chi connectivity index (χ0v) is 12.2. The number of methoxy groups -OCH3 is 1. The molecule has 0 spiro atoms. The fourth-order valence-corrected chi connectivity index (χ4v) is 3.45. The molecule has 2 fully saturated rings. The van der Waals surface area contributed by atoms with E-state index in [-0.39, 0.29) is 17.8 Å². The van der Waals surface area contributed by atoms with E-state index < -0.39 is 5.41 Å². The van der Waals surface area contributed by atoms with E-state index in [0.29, 0.717) is 19.4 Å². The summed E-state index contributed by atoms with van der Waals surface area (Å²) in [7, 11) is 1.68. The van der Waals surface area contributed by atoms with Gasteiger partial charge in [0, 0.05) is 20.2 Å². The zero-order valence-electron chi connectivity index (χ0n) is 12.2. The molecular formula is C14H25N3O3. The number of nitrogens with two attached hydrogens (primary N) is 1. The van der Waals surface area contributed by atoms with Crippen LogP contribution in [0.25, 0.3) is 0 Å². The summed E-state index contributed by atoms with van der Waals surface area (Å²) in [5, 5.41) is 12.2. The molecule has 1 heterocycles. The average molecular weight is 283 g/mol. The summed E-state index contributed by atoms with van der Waals surface area (Å²) in [6.07, 6.45) is 6.38. The van der Waals surface area contributed by atoms with Crippen LogP contribution in [0.15, 0.2) is 5.16 Å². The van der Waals surface area contributed by atoms with Gasteiger partial charge in [0.25, 0.3) is 0 Å². The summed E-state index contributed by atoms with van der Waals surface area (Å²) in [6, 6.07) is 0. The molecule has 6 nitrogen and oxygen atoms in total. The van der Waals surface area contributed by atoms with Gasteiger partial charge in [0.2, 0.25) is 5.91 Å². The van der Waals surface area contributed by atoms with Crippen LogP contribution in [0, 0.1) is 5.41 Å². The molecule has 2 aliphatic rings. The quantitative estimate of drug-likeness (QED) is 0.354. The van der Waals surface area contributed by atoms with Gasteiger partial charge >= 0.3 is 0 Å². The number of amidine groups is 1. The van der Waals surface area contributed by atoms with Crippen molar-refractivity contribution in [1.82, 2.24) is 4.90 Å². The number of ether oxygens (including phenoxy) is 1. The minimum Gasteiger partial charge on any atom is -0.409 e. The van der Waals surface area contributed by atoms with E-state index in [2.05, 4.69) is 5.16 Å². The van der Waals surface area contributed by atoms with Crippen molar-refractivity contribution in [3.05, 3.63) is 0 Å². The van der Waals surface area contributed by atoms with Crippen LogP contribution in [0.4, 0.5) is 0 Å². The highest BCUT2D eigenvalue weighted by Crippen LogP contribution is 2.39. The first-order chi connectivity index (χ1) is 9.64. The summed E-state index contributed by atoms with van der Waals surface area (Å²) in [5.41, 5.74) is 5.08. The third-order valence-corrected chi connectivity index (χ3v) is 4.71. The molecule has 0 bridgehead atoms. The van der Waals surface area contributed by atoms with Crippen LogP contribution in [-0.4, -0.2) is 48.2 Å². The van der Waals surface area contributed by atoms with Gasteiger partial charge in [-0.25, -0.2) is 0 Å². The van der Waals surface area contributed by atoms with E-state index in [0.717, 1.165) is 38.6 Å². The van der Waals surface area contributed by atoms with E-state index >= 15 is 0 Å². The molecule has 1 saturated carbocycles. The molecule has 1 amide bonds. The Morgan fingerprint density at radius 3 is 2.65 bits per heavy atom. The second kappa shape index (κ2) is 6.43. The molecule has 0 aromatic heterocycles. The van der Waals surface area contributed by atoms with Crippen LogP contribution in [0.2, 0.25) is 0 Å². The molecule has 1 atom stereocenters. The van der Waals surface area contributed by atoms with Crippen LogP contribution in [0.1, 0.15) is 44.9 Å². The van der Waals surface area contributed by atoms with Gasteiger partial charge in [0.15, 0.2) is 5.84 Å². The predicted octanol–water partition coefficient (Wildman–Crippen LogP) is 1.32. The lowest BCUT2D eigenvalue weighted by Gasteiger charge is -2.41. The Labute approximate surface area is 119 Å². The zero-order chi connectivity index (χ0) is 14.6. The number of oxime groups is 1. The monoisotopic (exact) mass is 283 g/mol. The number of likely N-dealkylation sites (tertiary alicyclic amines) is 1. The van der Waals surface area contributed by atoms with Gasteiger partial charge in [-0.05, 0) is 25.7 Å².